The molecule has 1 aliphatic rings. The van der Waals surface area contributed by atoms with Crippen LogP contribution in [0.1, 0.15) is 5.76 Å². The summed E-state index contributed by atoms with van der Waals surface area (Å²) in [5, 5.41) is -0.565. The topological polar surface area (TPSA) is 85.4 Å². The van der Waals surface area contributed by atoms with Crippen molar-refractivity contribution in [2.75, 3.05) is 13.1 Å². The number of carbonyl (C=O) groups is 1. The van der Waals surface area contributed by atoms with Crippen molar-refractivity contribution in [3.63, 3.8) is 0 Å². The highest BCUT2D eigenvalue weighted by molar-refractivity contribution is 7.92. The van der Waals surface area contributed by atoms with Crippen LogP contribution in [0.3, 0.4) is 0 Å². The Kier molecular flexibility index (Phi) is 3.61. The first-order chi connectivity index (χ1) is 10.5. The van der Waals surface area contributed by atoms with Crippen LogP contribution in [0.5, 0.6) is 0 Å². The molecule has 116 valence electrons. The number of aromatic nitrogens is 2. The van der Waals surface area contributed by atoms with E-state index in [0.717, 1.165) is 0 Å². The van der Waals surface area contributed by atoms with Crippen molar-refractivity contribution in [2.24, 2.45) is 7.05 Å². The van der Waals surface area contributed by atoms with E-state index in [0.29, 0.717) is 5.76 Å². The van der Waals surface area contributed by atoms with Gasteiger partial charge in [-0.25, -0.2) is 13.4 Å². The molecule has 7 nitrogen and oxygen atoms in total. The molecule has 1 saturated heterocycles. The predicted molar refractivity (Wildman–Crippen MR) is 78.5 cm³/mol. The minimum Gasteiger partial charge on any atom is -0.465 e. The van der Waals surface area contributed by atoms with Crippen molar-refractivity contribution in [3.8, 4) is 0 Å². The molecule has 0 bridgehead atoms. The summed E-state index contributed by atoms with van der Waals surface area (Å²) >= 11 is 0. The molecule has 1 amide bonds. The SMILES string of the molecule is Cn1ccnc1S(=O)(=O)C1CN(C(=O)C=Cc2ccco2)C1. The Morgan fingerprint density at radius 3 is 2.82 bits per heavy atom. The highest BCUT2D eigenvalue weighted by atomic mass is 32.2. The number of hydrogen-bond acceptors (Lipinski definition) is 5. The maximum Gasteiger partial charge on any atom is 0.246 e. The zero-order valence-corrected chi connectivity index (χ0v) is 12.7. The molecule has 1 fully saturated rings. The highest BCUT2D eigenvalue weighted by Gasteiger charge is 2.41. The fourth-order valence-corrected chi connectivity index (χ4v) is 3.96. The van der Waals surface area contributed by atoms with Gasteiger partial charge in [0, 0.05) is 38.6 Å². The van der Waals surface area contributed by atoms with Gasteiger partial charge in [0.2, 0.25) is 20.9 Å². The Bertz CT molecular complexity index is 799. The summed E-state index contributed by atoms with van der Waals surface area (Å²) in [7, 11) is -1.87. The number of nitrogens with zero attached hydrogens (tertiary/aromatic N) is 3. The molecule has 0 unspecified atom stereocenters. The average molecular weight is 321 g/mol. The first kappa shape index (κ1) is 14.6. The van der Waals surface area contributed by atoms with Gasteiger partial charge in [0.25, 0.3) is 0 Å². The van der Waals surface area contributed by atoms with Gasteiger partial charge >= 0.3 is 0 Å². The van der Waals surface area contributed by atoms with Gasteiger partial charge in [-0.05, 0) is 18.2 Å². The summed E-state index contributed by atoms with van der Waals surface area (Å²) in [4.78, 5) is 17.3. The number of amides is 1. The zero-order valence-electron chi connectivity index (χ0n) is 11.9. The molecule has 0 saturated carbocycles. The summed E-state index contributed by atoms with van der Waals surface area (Å²) < 4.78 is 31.3. The van der Waals surface area contributed by atoms with Crippen LogP contribution in [0.2, 0.25) is 0 Å². The number of rotatable bonds is 4. The molecule has 0 aromatic carbocycles. The number of sulfone groups is 1. The summed E-state index contributed by atoms with van der Waals surface area (Å²) in [6.07, 6.45) is 7.48. The summed E-state index contributed by atoms with van der Waals surface area (Å²) in [6.45, 7) is 0.354. The lowest BCUT2D eigenvalue weighted by atomic mass is 10.2. The van der Waals surface area contributed by atoms with E-state index in [1.165, 1.54) is 28.0 Å². The summed E-state index contributed by atoms with van der Waals surface area (Å²) in [5.41, 5.74) is 0. The Labute approximate surface area is 127 Å². The van der Waals surface area contributed by atoms with Crippen LogP contribution in [0.15, 0.2) is 46.4 Å². The van der Waals surface area contributed by atoms with Gasteiger partial charge in [0.15, 0.2) is 0 Å². The Balaban J connectivity index is 1.62. The lowest BCUT2D eigenvalue weighted by Gasteiger charge is -2.37. The molecule has 1 aliphatic heterocycles. The number of aryl methyl sites for hydroxylation is 1. The molecule has 2 aromatic rings. The monoisotopic (exact) mass is 321 g/mol. The third kappa shape index (κ3) is 2.57. The molecular formula is C14H15N3O4S. The first-order valence-electron chi connectivity index (χ1n) is 6.70. The van der Waals surface area contributed by atoms with Crippen LogP contribution < -0.4 is 0 Å². The standard InChI is InChI=1S/C14H15N3O4S/c1-16-7-6-15-14(16)22(19,20)12-9-17(10-12)13(18)5-4-11-3-2-8-21-11/h2-8,12H,9-10H2,1H3. The maximum absolute atomic E-state index is 12.4. The van der Waals surface area contributed by atoms with Crippen LogP contribution in [0, 0.1) is 0 Å². The van der Waals surface area contributed by atoms with Gasteiger partial charge in [-0.15, -0.1) is 0 Å². The predicted octanol–water partition coefficient (Wildman–Crippen LogP) is 0.711. The molecule has 0 aliphatic carbocycles. The van der Waals surface area contributed by atoms with Crippen molar-refractivity contribution in [1.29, 1.82) is 0 Å². The van der Waals surface area contributed by atoms with Crippen molar-refractivity contribution in [1.82, 2.24) is 14.5 Å². The van der Waals surface area contributed by atoms with Crippen LogP contribution >= 0.6 is 0 Å². The van der Waals surface area contributed by atoms with Crippen molar-refractivity contribution < 1.29 is 17.6 Å². The van der Waals surface area contributed by atoms with Gasteiger partial charge in [-0.3, -0.25) is 4.79 Å². The van der Waals surface area contributed by atoms with Crippen LogP contribution in [-0.4, -0.2) is 47.1 Å². The van der Waals surface area contributed by atoms with E-state index in [2.05, 4.69) is 4.98 Å². The van der Waals surface area contributed by atoms with E-state index in [1.54, 1.807) is 31.5 Å². The van der Waals surface area contributed by atoms with E-state index in [-0.39, 0.29) is 24.2 Å². The lowest BCUT2D eigenvalue weighted by Crippen LogP contribution is -2.56. The number of furan rings is 1. The Morgan fingerprint density at radius 1 is 1.45 bits per heavy atom. The van der Waals surface area contributed by atoms with Crippen LogP contribution in [0.25, 0.3) is 6.08 Å². The van der Waals surface area contributed by atoms with E-state index in [1.807, 2.05) is 0 Å². The van der Waals surface area contributed by atoms with E-state index in [9.17, 15) is 13.2 Å². The third-order valence-corrected chi connectivity index (χ3v) is 5.64. The number of imidazole rings is 1. The summed E-state index contributed by atoms with van der Waals surface area (Å²) in [5.74, 6) is 0.341. The molecule has 0 atom stereocenters. The van der Waals surface area contributed by atoms with Gasteiger partial charge in [0.1, 0.15) is 11.0 Å². The largest absolute Gasteiger partial charge is 0.465 e. The van der Waals surface area contributed by atoms with Crippen LogP contribution in [-0.2, 0) is 21.7 Å². The van der Waals surface area contributed by atoms with E-state index >= 15 is 0 Å². The second-order valence-electron chi connectivity index (χ2n) is 5.08. The van der Waals surface area contributed by atoms with Crippen molar-refractivity contribution >= 4 is 21.8 Å². The molecule has 0 radical (unpaired) electrons. The molecule has 22 heavy (non-hydrogen) atoms. The molecule has 3 heterocycles. The highest BCUT2D eigenvalue weighted by Crippen LogP contribution is 2.22. The average Bonchev–Trinajstić information content (AvgIpc) is 3.05. The van der Waals surface area contributed by atoms with Gasteiger partial charge in [-0.1, -0.05) is 0 Å². The smallest absolute Gasteiger partial charge is 0.246 e. The quantitative estimate of drug-likeness (QED) is 0.774. The third-order valence-electron chi connectivity index (χ3n) is 3.56. The van der Waals surface area contributed by atoms with E-state index < -0.39 is 15.1 Å². The second kappa shape index (κ2) is 5.45. The Morgan fingerprint density at radius 2 is 2.23 bits per heavy atom. The fourth-order valence-electron chi connectivity index (χ4n) is 2.23. The van der Waals surface area contributed by atoms with Crippen LogP contribution in [0.4, 0.5) is 0 Å². The summed E-state index contributed by atoms with van der Waals surface area (Å²) in [6, 6.07) is 3.46. The number of hydrogen-bond donors (Lipinski definition) is 0. The van der Waals surface area contributed by atoms with E-state index in [4.69, 9.17) is 4.42 Å². The molecule has 8 heteroatoms. The normalized spacial score (nSPS) is 16.1. The van der Waals surface area contributed by atoms with Gasteiger partial charge in [-0.2, -0.15) is 0 Å². The molecular weight excluding hydrogens is 306 g/mol. The van der Waals surface area contributed by atoms with Gasteiger partial charge < -0.3 is 13.9 Å². The molecule has 0 spiro atoms. The van der Waals surface area contributed by atoms with Crippen molar-refractivity contribution in [2.45, 2.75) is 10.4 Å². The van der Waals surface area contributed by atoms with Crippen molar-refractivity contribution in [3.05, 3.63) is 42.6 Å². The maximum atomic E-state index is 12.4. The zero-order chi connectivity index (χ0) is 15.7. The first-order valence-corrected chi connectivity index (χ1v) is 8.25. The minimum atomic E-state index is -3.50. The molecule has 0 N–H and O–H groups in total. The Hall–Kier alpha value is -2.35. The lowest BCUT2D eigenvalue weighted by molar-refractivity contribution is -0.128. The second-order valence-corrected chi connectivity index (χ2v) is 7.20. The minimum absolute atomic E-state index is 0.0377. The molecule has 3 rings (SSSR count). The van der Waals surface area contributed by atoms with Gasteiger partial charge in [0.05, 0.1) is 6.26 Å². The molecule has 2 aromatic heterocycles. The number of carbonyl (C=O) groups excluding carboxylic acids is 1. The number of likely N-dealkylation sites (tertiary alicyclic amines) is 1. The fraction of sp³-hybridized carbons (Fsp3) is 0.286.